The highest BCUT2D eigenvalue weighted by molar-refractivity contribution is 8.15. The van der Waals surface area contributed by atoms with Crippen molar-refractivity contribution in [2.45, 2.75) is 11.1 Å². The van der Waals surface area contributed by atoms with Crippen LogP contribution in [0.5, 0.6) is 0 Å². The fourth-order valence-corrected chi connectivity index (χ4v) is 5.10. The Morgan fingerprint density at radius 3 is 1.76 bits per heavy atom. The van der Waals surface area contributed by atoms with Gasteiger partial charge in [0.2, 0.25) is 5.72 Å². The van der Waals surface area contributed by atoms with Gasteiger partial charge in [0.15, 0.2) is 5.17 Å². The van der Waals surface area contributed by atoms with E-state index in [2.05, 4.69) is 5.32 Å². The Bertz CT molecular complexity index is 1250. The SMILES string of the molecule is O=C(NC1SC(N(c2ccccc2)c2ccccc2)=NC1(O)c1ccccc1)c1ccccc1. The Balaban J connectivity index is 1.57. The van der Waals surface area contributed by atoms with E-state index in [-0.39, 0.29) is 5.91 Å². The van der Waals surface area contributed by atoms with E-state index in [9.17, 15) is 9.90 Å². The Morgan fingerprint density at radius 1 is 0.765 bits per heavy atom. The average molecular weight is 466 g/mol. The van der Waals surface area contributed by atoms with Crippen LogP contribution in [0.2, 0.25) is 0 Å². The second kappa shape index (κ2) is 9.55. The number of hydrogen-bond acceptors (Lipinski definition) is 5. The minimum atomic E-state index is -1.65. The first kappa shape index (κ1) is 21.9. The van der Waals surface area contributed by atoms with Crippen molar-refractivity contribution >= 4 is 34.2 Å². The van der Waals surface area contributed by atoms with Gasteiger partial charge in [-0.1, -0.05) is 96.7 Å². The lowest BCUT2D eigenvalue weighted by Gasteiger charge is -2.27. The molecular weight excluding hydrogens is 442 g/mol. The molecule has 1 aliphatic rings. The minimum absolute atomic E-state index is 0.269. The number of rotatable bonds is 5. The van der Waals surface area contributed by atoms with Gasteiger partial charge in [0.1, 0.15) is 5.37 Å². The molecule has 0 saturated carbocycles. The molecule has 5 rings (SSSR count). The van der Waals surface area contributed by atoms with Crippen LogP contribution in [0.4, 0.5) is 11.4 Å². The van der Waals surface area contributed by atoms with Crippen LogP contribution < -0.4 is 10.2 Å². The lowest BCUT2D eigenvalue weighted by molar-refractivity contribution is 0.0360. The van der Waals surface area contributed by atoms with Gasteiger partial charge < -0.3 is 10.4 Å². The van der Waals surface area contributed by atoms with Crippen molar-refractivity contribution in [1.29, 1.82) is 0 Å². The summed E-state index contributed by atoms with van der Waals surface area (Å²) in [4.78, 5) is 19.8. The van der Waals surface area contributed by atoms with Crippen LogP contribution in [0, 0.1) is 0 Å². The Kier molecular flexibility index (Phi) is 6.16. The number of para-hydroxylation sites is 2. The summed E-state index contributed by atoms with van der Waals surface area (Å²) in [6.45, 7) is 0. The maximum atomic E-state index is 13.0. The van der Waals surface area contributed by atoms with Crippen molar-refractivity contribution in [1.82, 2.24) is 5.32 Å². The summed E-state index contributed by atoms with van der Waals surface area (Å²) in [6.07, 6.45) is 0. The van der Waals surface area contributed by atoms with Crippen LogP contribution in [0.3, 0.4) is 0 Å². The average Bonchev–Trinajstić information content (AvgIpc) is 3.23. The molecule has 5 nitrogen and oxygen atoms in total. The number of amidine groups is 1. The Labute approximate surface area is 202 Å². The fraction of sp³-hybridized carbons (Fsp3) is 0.0714. The number of carbonyl (C=O) groups excluding carboxylic acids is 1. The van der Waals surface area contributed by atoms with Crippen LogP contribution in [0.15, 0.2) is 126 Å². The van der Waals surface area contributed by atoms with Crippen molar-refractivity contribution in [3.63, 3.8) is 0 Å². The topological polar surface area (TPSA) is 64.9 Å². The van der Waals surface area contributed by atoms with Gasteiger partial charge >= 0.3 is 0 Å². The van der Waals surface area contributed by atoms with E-state index in [1.54, 1.807) is 12.1 Å². The molecule has 0 saturated heterocycles. The molecule has 0 aromatic heterocycles. The molecule has 0 fully saturated rings. The molecule has 1 heterocycles. The molecular formula is C28H23N3O2S. The summed E-state index contributed by atoms with van der Waals surface area (Å²) in [5, 5.41) is 14.7. The molecule has 6 heteroatoms. The third kappa shape index (κ3) is 4.33. The van der Waals surface area contributed by atoms with Crippen molar-refractivity contribution in [2.75, 3.05) is 4.90 Å². The first-order valence-corrected chi connectivity index (χ1v) is 11.8. The summed E-state index contributed by atoms with van der Waals surface area (Å²) in [5.41, 5.74) is 1.30. The standard InChI is InChI=1S/C28H23N3O2S/c32-25(21-13-5-1-6-14-21)29-26-28(33,22-15-7-2-8-16-22)30-27(34-26)31(23-17-9-3-10-18-23)24-19-11-4-12-20-24/h1-20,26,33H,(H,29,32). The van der Waals surface area contributed by atoms with Crippen molar-refractivity contribution < 1.29 is 9.90 Å². The third-order valence-electron chi connectivity index (χ3n) is 5.57. The van der Waals surface area contributed by atoms with E-state index in [1.807, 2.05) is 114 Å². The van der Waals surface area contributed by atoms with Gasteiger partial charge in [-0.15, -0.1) is 0 Å². The summed E-state index contributed by atoms with van der Waals surface area (Å²) in [6, 6.07) is 38.0. The number of aliphatic imine (C=N–C) groups is 1. The maximum absolute atomic E-state index is 13.0. The van der Waals surface area contributed by atoms with Gasteiger partial charge in [0.25, 0.3) is 5.91 Å². The van der Waals surface area contributed by atoms with E-state index in [0.717, 1.165) is 11.4 Å². The zero-order chi connectivity index (χ0) is 23.4. The van der Waals surface area contributed by atoms with Crippen molar-refractivity contribution in [3.8, 4) is 0 Å². The normalized spacial score (nSPS) is 19.3. The van der Waals surface area contributed by atoms with Gasteiger partial charge in [0, 0.05) is 22.5 Å². The number of anilines is 2. The lowest BCUT2D eigenvalue weighted by Crippen LogP contribution is -2.45. The highest BCUT2D eigenvalue weighted by Crippen LogP contribution is 2.43. The molecule has 34 heavy (non-hydrogen) atoms. The molecule has 2 atom stereocenters. The first-order chi connectivity index (χ1) is 16.6. The molecule has 0 aliphatic carbocycles. The van der Waals surface area contributed by atoms with Gasteiger partial charge in [0.05, 0.1) is 0 Å². The molecule has 2 N–H and O–H groups in total. The fourth-order valence-electron chi connectivity index (χ4n) is 3.87. The maximum Gasteiger partial charge on any atom is 0.252 e. The van der Waals surface area contributed by atoms with Crippen molar-refractivity contribution in [3.05, 3.63) is 132 Å². The number of benzene rings is 4. The molecule has 168 valence electrons. The molecule has 4 aromatic rings. The molecule has 0 radical (unpaired) electrons. The Hall–Kier alpha value is -3.87. The van der Waals surface area contributed by atoms with Crippen LogP contribution in [-0.4, -0.2) is 21.6 Å². The van der Waals surface area contributed by atoms with Crippen LogP contribution in [0.25, 0.3) is 0 Å². The van der Waals surface area contributed by atoms with Crippen LogP contribution in [-0.2, 0) is 5.72 Å². The van der Waals surface area contributed by atoms with E-state index in [1.165, 1.54) is 11.8 Å². The molecule has 4 aromatic carbocycles. The summed E-state index contributed by atoms with van der Waals surface area (Å²) in [7, 11) is 0. The third-order valence-corrected chi connectivity index (χ3v) is 6.74. The quantitative estimate of drug-likeness (QED) is 0.407. The molecule has 1 amide bonds. The zero-order valence-electron chi connectivity index (χ0n) is 18.3. The minimum Gasteiger partial charge on any atom is -0.363 e. The predicted molar refractivity (Wildman–Crippen MR) is 138 cm³/mol. The number of nitrogens with one attached hydrogen (secondary N) is 1. The van der Waals surface area contributed by atoms with E-state index < -0.39 is 11.1 Å². The van der Waals surface area contributed by atoms with Crippen molar-refractivity contribution in [2.24, 2.45) is 4.99 Å². The number of thioether (sulfide) groups is 1. The molecule has 0 bridgehead atoms. The largest absolute Gasteiger partial charge is 0.363 e. The second-order valence-electron chi connectivity index (χ2n) is 7.83. The zero-order valence-corrected chi connectivity index (χ0v) is 19.1. The predicted octanol–water partition coefficient (Wildman–Crippen LogP) is 5.53. The second-order valence-corrected chi connectivity index (χ2v) is 8.90. The number of amides is 1. The Morgan fingerprint density at radius 2 is 1.24 bits per heavy atom. The van der Waals surface area contributed by atoms with E-state index in [4.69, 9.17) is 4.99 Å². The monoisotopic (exact) mass is 465 g/mol. The summed E-state index contributed by atoms with van der Waals surface area (Å²) >= 11 is 1.33. The van der Waals surface area contributed by atoms with Gasteiger partial charge in [-0.05, 0) is 36.4 Å². The van der Waals surface area contributed by atoms with Crippen LogP contribution >= 0.6 is 11.8 Å². The number of hydrogen-bond donors (Lipinski definition) is 2. The lowest BCUT2D eigenvalue weighted by atomic mass is 10.0. The molecule has 2 unspecified atom stereocenters. The summed E-state index contributed by atoms with van der Waals surface area (Å²) < 4.78 is 0. The van der Waals surface area contributed by atoms with Crippen LogP contribution in [0.1, 0.15) is 15.9 Å². The van der Waals surface area contributed by atoms with Gasteiger partial charge in [-0.25, -0.2) is 4.99 Å². The smallest absolute Gasteiger partial charge is 0.252 e. The number of nitrogens with zero attached hydrogens (tertiary/aromatic N) is 2. The highest BCUT2D eigenvalue weighted by Gasteiger charge is 2.47. The van der Waals surface area contributed by atoms with E-state index >= 15 is 0 Å². The number of carbonyl (C=O) groups is 1. The molecule has 0 spiro atoms. The number of aliphatic hydroxyl groups is 1. The van der Waals surface area contributed by atoms with Gasteiger partial charge in [-0.3, -0.25) is 9.69 Å². The van der Waals surface area contributed by atoms with E-state index in [0.29, 0.717) is 16.3 Å². The highest BCUT2D eigenvalue weighted by atomic mass is 32.2. The molecule has 1 aliphatic heterocycles. The summed E-state index contributed by atoms with van der Waals surface area (Å²) in [5.74, 6) is -0.269. The first-order valence-electron chi connectivity index (χ1n) is 11.0. The van der Waals surface area contributed by atoms with Gasteiger partial charge in [-0.2, -0.15) is 0 Å².